The van der Waals surface area contributed by atoms with Gasteiger partial charge in [-0.15, -0.1) is 11.3 Å². The third kappa shape index (κ3) is 3.06. The first-order chi connectivity index (χ1) is 5.81. The molecule has 4 nitrogen and oxygen atoms in total. The number of aromatic nitrogens is 1. The van der Waals surface area contributed by atoms with Crippen molar-refractivity contribution in [2.45, 2.75) is 19.4 Å². The summed E-state index contributed by atoms with van der Waals surface area (Å²) in [6.07, 6.45) is 2.80. The topological polar surface area (TPSA) is 59.1 Å². The van der Waals surface area contributed by atoms with E-state index in [1.165, 1.54) is 11.3 Å². The average Bonchev–Trinajstić information content (AvgIpc) is 2.29. The molecule has 13 heavy (non-hydrogen) atoms. The number of hydrogen-bond acceptors (Lipinski definition) is 4. The van der Waals surface area contributed by atoms with Crippen LogP contribution in [-0.4, -0.2) is 19.7 Å². The van der Waals surface area contributed by atoms with Crippen LogP contribution in [0.2, 0.25) is 0 Å². The lowest BCUT2D eigenvalue weighted by atomic mass is 10.1. The zero-order valence-electron chi connectivity index (χ0n) is 7.73. The second-order valence-electron chi connectivity index (χ2n) is 3.34. The van der Waals surface area contributed by atoms with E-state index in [1.54, 1.807) is 20.0 Å². The highest BCUT2D eigenvalue weighted by molar-refractivity contribution is 7.88. The standard InChI is InChI=1S/C7H12N2O2S2/c1-7(2,9-13(3,10)11)6-8-4-5-12-6/h4-5,9H,1-3H3. The van der Waals surface area contributed by atoms with Gasteiger partial charge in [-0.2, -0.15) is 0 Å². The van der Waals surface area contributed by atoms with Gasteiger partial charge >= 0.3 is 0 Å². The minimum Gasteiger partial charge on any atom is -0.248 e. The monoisotopic (exact) mass is 220 g/mol. The Balaban J connectivity index is 2.91. The van der Waals surface area contributed by atoms with Crippen LogP contribution in [0.3, 0.4) is 0 Å². The first-order valence-electron chi connectivity index (χ1n) is 3.70. The molecule has 1 rings (SSSR count). The van der Waals surface area contributed by atoms with Crippen LogP contribution in [0.25, 0.3) is 0 Å². The molecule has 1 aromatic heterocycles. The van der Waals surface area contributed by atoms with E-state index < -0.39 is 15.6 Å². The Kier molecular flexibility index (Phi) is 2.74. The number of rotatable bonds is 3. The van der Waals surface area contributed by atoms with Gasteiger partial charge in [-0.1, -0.05) is 0 Å². The van der Waals surface area contributed by atoms with Crippen LogP contribution in [0.5, 0.6) is 0 Å². The molecular weight excluding hydrogens is 208 g/mol. The Hall–Kier alpha value is -0.460. The molecule has 74 valence electrons. The molecule has 0 saturated heterocycles. The Bertz CT molecular complexity index is 367. The highest BCUT2D eigenvalue weighted by Gasteiger charge is 2.26. The summed E-state index contributed by atoms with van der Waals surface area (Å²) in [5.74, 6) is 0. The molecule has 0 unspecified atom stereocenters. The van der Waals surface area contributed by atoms with Gasteiger partial charge in [-0.05, 0) is 13.8 Å². The SMILES string of the molecule is CC(C)(NS(C)(=O)=O)c1nccs1. The molecule has 0 fully saturated rings. The van der Waals surface area contributed by atoms with E-state index in [-0.39, 0.29) is 0 Å². The fourth-order valence-electron chi connectivity index (χ4n) is 1.04. The molecule has 1 N–H and O–H groups in total. The fraction of sp³-hybridized carbons (Fsp3) is 0.571. The quantitative estimate of drug-likeness (QED) is 0.824. The van der Waals surface area contributed by atoms with Crippen LogP contribution < -0.4 is 4.72 Å². The Morgan fingerprint density at radius 3 is 2.54 bits per heavy atom. The van der Waals surface area contributed by atoms with Crippen molar-refractivity contribution in [2.24, 2.45) is 0 Å². The molecule has 0 spiro atoms. The summed E-state index contributed by atoms with van der Waals surface area (Å²) in [7, 11) is -3.19. The summed E-state index contributed by atoms with van der Waals surface area (Å²) < 4.78 is 24.5. The molecular formula is C7H12N2O2S2. The van der Waals surface area contributed by atoms with Crippen molar-refractivity contribution in [1.82, 2.24) is 9.71 Å². The minimum atomic E-state index is -3.19. The largest absolute Gasteiger partial charge is 0.248 e. The summed E-state index contributed by atoms with van der Waals surface area (Å²) in [5, 5.41) is 2.58. The lowest BCUT2D eigenvalue weighted by Crippen LogP contribution is -2.40. The maximum Gasteiger partial charge on any atom is 0.209 e. The number of hydrogen-bond donors (Lipinski definition) is 1. The maximum absolute atomic E-state index is 11.0. The van der Waals surface area contributed by atoms with Crippen molar-refractivity contribution in [2.75, 3.05) is 6.26 Å². The first kappa shape index (κ1) is 10.6. The molecule has 0 saturated carbocycles. The summed E-state index contributed by atoms with van der Waals surface area (Å²) in [6, 6.07) is 0. The first-order valence-corrected chi connectivity index (χ1v) is 6.47. The molecule has 1 heterocycles. The fourth-order valence-corrected chi connectivity index (χ4v) is 2.85. The van der Waals surface area contributed by atoms with Crippen molar-refractivity contribution in [1.29, 1.82) is 0 Å². The maximum atomic E-state index is 11.0. The van der Waals surface area contributed by atoms with Crippen LogP contribution in [-0.2, 0) is 15.6 Å². The third-order valence-corrected chi connectivity index (χ3v) is 3.39. The van der Waals surface area contributed by atoms with Gasteiger partial charge < -0.3 is 0 Å². The van der Waals surface area contributed by atoms with E-state index in [4.69, 9.17) is 0 Å². The molecule has 0 aliphatic heterocycles. The molecule has 0 atom stereocenters. The van der Waals surface area contributed by atoms with E-state index in [0.717, 1.165) is 11.3 Å². The van der Waals surface area contributed by atoms with Crippen molar-refractivity contribution in [3.63, 3.8) is 0 Å². The zero-order valence-corrected chi connectivity index (χ0v) is 9.37. The van der Waals surface area contributed by atoms with E-state index in [0.29, 0.717) is 0 Å². The Morgan fingerprint density at radius 2 is 2.15 bits per heavy atom. The minimum absolute atomic E-state index is 0.623. The van der Waals surface area contributed by atoms with Crippen LogP contribution in [0, 0.1) is 0 Å². The van der Waals surface area contributed by atoms with Crippen molar-refractivity contribution < 1.29 is 8.42 Å². The molecule has 0 aromatic carbocycles. The molecule has 6 heteroatoms. The summed E-state index contributed by atoms with van der Waals surface area (Å²) >= 11 is 1.43. The summed E-state index contributed by atoms with van der Waals surface area (Å²) in [5.41, 5.74) is -0.623. The van der Waals surface area contributed by atoms with Gasteiger partial charge in [0.05, 0.1) is 11.8 Å². The Morgan fingerprint density at radius 1 is 1.54 bits per heavy atom. The number of nitrogens with one attached hydrogen (secondary N) is 1. The molecule has 0 amide bonds. The van der Waals surface area contributed by atoms with Gasteiger partial charge in [-0.3, -0.25) is 0 Å². The molecule has 0 aliphatic carbocycles. The normalized spacial score (nSPS) is 13.2. The molecule has 1 aromatic rings. The van der Waals surface area contributed by atoms with Gasteiger partial charge in [0.25, 0.3) is 0 Å². The van der Waals surface area contributed by atoms with Crippen molar-refractivity contribution in [3.05, 3.63) is 16.6 Å². The number of thiazole rings is 1. The third-order valence-electron chi connectivity index (χ3n) is 1.41. The predicted octanol–water partition coefficient (Wildman–Crippen LogP) is 0.927. The van der Waals surface area contributed by atoms with E-state index in [1.807, 2.05) is 5.38 Å². The van der Waals surface area contributed by atoms with Crippen LogP contribution in [0.4, 0.5) is 0 Å². The summed E-state index contributed by atoms with van der Waals surface area (Å²) in [6.45, 7) is 3.57. The van der Waals surface area contributed by atoms with Gasteiger partial charge in [0.15, 0.2) is 0 Å². The second kappa shape index (κ2) is 3.36. The summed E-state index contributed by atoms with van der Waals surface area (Å²) in [4.78, 5) is 4.06. The van der Waals surface area contributed by atoms with Crippen LogP contribution in [0.1, 0.15) is 18.9 Å². The molecule has 0 aliphatic rings. The van der Waals surface area contributed by atoms with Crippen LogP contribution in [0.15, 0.2) is 11.6 Å². The van der Waals surface area contributed by atoms with E-state index >= 15 is 0 Å². The van der Waals surface area contributed by atoms with Crippen molar-refractivity contribution in [3.8, 4) is 0 Å². The van der Waals surface area contributed by atoms with Gasteiger partial charge in [0, 0.05) is 11.6 Å². The second-order valence-corrected chi connectivity index (χ2v) is 5.98. The lowest BCUT2D eigenvalue weighted by molar-refractivity contribution is 0.472. The highest BCUT2D eigenvalue weighted by Crippen LogP contribution is 2.22. The zero-order chi connectivity index (χ0) is 10.1. The van der Waals surface area contributed by atoms with Gasteiger partial charge in [0.2, 0.25) is 10.0 Å². The van der Waals surface area contributed by atoms with Crippen molar-refractivity contribution >= 4 is 21.4 Å². The van der Waals surface area contributed by atoms with Gasteiger partial charge in [-0.25, -0.2) is 18.1 Å². The molecule has 0 bridgehead atoms. The van der Waals surface area contributed by atoms with Crippen LogP contribution >= 0.6 is 11.3 Å². The van der Waals surface area contributed by atoms with E-state index in [9.17, 15) is 8.42 Å². The highest BCUT2D eigenvalue weighted by atomic mass is 32.2. The average molecular weight is 220 g/mol. The smallest absolute Gasteiger partial charge is 0.209 e. The lowest BCUT2D eigenvalue weighted by Gasteiger charge is -2.21. The Labute approximate surface area is 82.1 Å². The number of sulfonamides is 1. The molecule has 0 radical (unpaired) electrons. The van der Waals surface area contributed by atoms with Gasteiger partial charge in [0.1, 0.15) is 5.01 Å². The van der Waals surface area contributed by atoms with E-state index in [2.05, 4.69) is 9.71 Å². The predicted molar refractivity (Wildman–Crippen MR) is 53.1 cm³/mol. The number of nitrogens with zero attached hydrogens (tertiary/aromatic N) is 1.